The predicted octanol–water partition coefficient (Wildman–Crippen LogP) is -3.22. The summed E-state index contributed by atoms with van der Waals surface area (Å²) in [5, 5.41) is 47.3. The Bertz CT molecular complexity index is 402. The molecule has 121 valence electrons. The Labute approximate surface area is 120 Å². The van der Waals surface area contributed by atoms with Crippen LogP contribution < -0.4 is 0 Å². The maximum atomic E-state index is 10.5. The van der Waals surface area contributed by atoms with E-state index in [4.69, 9.17) is 5.11 Å². The van der Waals surface area contributed by atoms with Crippen LogP contribution in [-0.4, -0.2) is 90.0 Å². The molecule has 5 N–H and O–H groups in total. The molecule has 0 amide bonds. The van der Waals surface area contributed by atoms with Gasteiger partial charge in [0.05, 0.1) is 0 Å². The standard InChI is InChI=1S/C9H19O9SSe/c10-1-7(18-19(15,16)17)5(12)3-20-4-6(13)9(14)8(20)2-11/h5-14H,1-4H2,(H,15,16,17)/p-1/t5-,6-,7+,8-,9+/m1/s1. The molecule has 20 heavy (non-hydrogen) atoms. The molecule has 1 rings (SSSR count). The molecule has 0 unspecified atom stereocenters. The third kappa shape index (κ3) is 4.88. The van der Waals surface area contributed by atoms with Gasteiger partial charge in [-0.3, -0.25) is 0 Å². The second-order valence-electron chi connectivity index (χ2n) is 4.44. The van der Waals surface area contributed by atoms with E-state index in [1.54, 1.807) is 0 Å². The van der Waals surface area contributed by atoms with Crippen LogP contribution in [0.15, 0.2) is 0 Å². The first kappa shape index (κ1) is 18.2. The summed E-state index contributed by atoms with van der Waals surface area (Å²) in [5.41, 5.74) is 0. The number of hydrogen-bond donors (Lipinski definition) is 5. The Hall–Kier alpha value is 0.189. The van der Waals surface area contributed by atoms with Crippen LogP contribution in [-0.2, 0) is 14.6 Å². The minimum absolute atomic E-state index is 0.0138. The molecule has 1 saturated heterocycles. The monoisotopic (exact) mass is 382 g/mol. The van der Waals surface area contributed by atoms with Gasteiger partial charge in [-0.1, -0.05) is 0 Å². The molecule has 11 heteroatoms. The van der Waals surface area contributed by atoms with Crippen molar-refractivity contribution in [2.75, 3.05) is 13.2 Å². The molecule has 0 aromatic heterocycles. The van der Waals surface area contributed by atoms with Gasteiger partial charge in [-0.05, 0) is 0 Å². The van der Waals surface area contributed by atoms with E-state index in [9.17, 15) is 33.4 Å². The van der Waals surface area contributed by atoms with E-state index < -0.39 is 60.1 Å². The Morgan fingerprint density at radius 1 is 1.35 bits per heavy atom. The van der Waals surface area contributed by atoms with Gasteiger partial charge in [0.1, 0.15) is 0 Å². The van der Waals surface area contributed by atoms with Gasteiger partial charge in [-0.25, -0.2) is 0 Å². The average Bonchev–Trinajstić information content (AvgIpc) is 2.60. The van der Waals surface area contributed by atoms with Crippen LogP contribution in [0.1, 0.15) is 0 Å². The minimum atomic E-state index is -5.06. The number of aliphatic hydroxyl groups is 5. The van der Waals surface area contributed by atoms with E-state index in [1.165, 1.54) is 0 Å². The van der Waals surface area contributed by atoms with Crippen LogP contribution in [0.2, 0.25) is 15.5 Å². The quantitative estimate of drug-likeness (QED) is 0.173. The first-order valence-electron chi connectivity index (χ1n) is 5.76. The molecular weight excluding hydrogens is 363 g/mol. The summed E-state index contributed by atoms with van der Waals surface area (Å²) in [7, 11) is -5.06. The Balaban J connectivity index is 2.66. The molecule has 0 aromatic carbocycles. The SMILES string of the molecule is O=S(=O)([O-])O[C@@H](CO)[C@H](O)C[Se]1C[C@@H](O)[C@H](O)[C@H]1CO. The summed E-state index contributed by atoms with van der Waals surface area (Å²) in [6.07, 6.45) is -5.11. The first-order chi connectivity index (χ1) is 9.19. The average molecular weight is 381 g/mol. The molecule has 0 aliphatic carbocycles. The molecule has 5 atom stereocenters. The fraction of sp³-hybridized carbons (Fsp3) is 1.00. The zero-order valence-corrected chi connectivity index (χ0v) is 12.9. The molecule has 1 aliphatic rings. The predicted molar refractivity (Wildman–Crippen MR) is 65.9 cm³/mol. The van der Waals surface area contributed by atoms with E-state index in [1.807, 2.05) is 0 Å². The molecule has 1 aliphatic heterocycles. The molecule has 1 heterocycles. The van der Waals surface area contributed by atoms with Crippen LogP contribution in [0.3, 0.4) is 0 Å². The fourth-order valence-corrected chi connectivity index (χ4v) is 8.16. The van der Waals surface area contributed by atoms with Crippen LogP contribution in [0, 0.1) is 0 Å². The van der Waals surface area contributed by atoms with E-state index in [2.05, 4.69) is 4.18 Å². The molecule has 0 aromatic rings. The van der Waals surface area contributed by atoms with Gasteiger partial charge in [0, 0.05) is 0 Å². The van der Waals surface area contributed by atoms with Crippen molar-refractivity contribution < 1.29 is 42.7 Å². The first-order valence-corrected chi connectivity index (χ1v) is 10.5. The molecule has 0 spiro atoms. The Morgan fingerprint density at radius 3 is 2.40 bits per heavy atom. The van der Waals surface area contributed by atoms with Crippen LogP contribution >= 0.6 is 0 Å². The van der Waals surface area contributed by atoms with E-state index in [0.29, 0.717) is 0 Å². The summed E-state index contributed by atoms with van der Waals surface area (Å²) in [5.74, 6) is 0. The van der Waals surface area contributed by atoms with Crippen molar-refractivity contribution in [1.82, 2.24) is 0 Å². The Kier molecular flexibility index (Phi) is 6.80. The second kappa shape index (κ2) is 7.45. The maximum absolute atomic E-state index is 10.5. The molecule has 1 radical (unpaired) electrons. The van der Waals surface area contributed by atoms with Crippen molar-refractivity contribution >= 4 is 24.3 Å². The van der Waals surface area contributed by atoms with Gasteiger partial charge in [0.2, 0.25) is 0 Å². The van der Waals surface area contributed by atoms with Gasteiger partial charge in [0.15, 0.2) is 0 Å². The van der Waals surface area contributed by atoms with Crippen LogP contribution in [0.25, 0.3) is 0 Å². The van der Waals surface area contributed by atoms with Gasteiger partial charge in [-0.2, -0.15) is 0 Å². The number of rotatable bonds is 7. The second-order valence-corrected chi connectivity index (χ2v) is 10.4. The van der Waals surface area contributed by atoms with E-state index in [-0.39, 0.29) is 17.2 Å². The molecule has 0 saturated carbocycles. The van der Waals surface area contributed by atoms with Crippen LogP contribution in [0.4, 0.5) is 0 Å². The van der Waals surface area contributed by atoms with Crippen molar-refractivity contribution in [2.24, 2.45) is 0 Å². The molecule has 1 fully saturated rings. The van der Waals surface area contributed by atoms with Crippen molar-refractivity contribution in [3.05, 3.63) is 0 Å². The summed E-state index contributed by atoms with van der Waals surface area (Å²) in [6.45, 7) is -1.23. The number of aliphatic hydroxyl groups excluding tert-OH is 5. The number of hydrogen-bond acceptors (Lipinski definition) is 9. The van der Waals surface area contributed by atoms with Gasteiger partial charge >= 0.3 is 120 Å². The van der Waals surface area contributed by atoms with Gasteiger partial charge in [-0.15, -0.1) is 0 Å². The summed E-state index contributed by atoms with van der Waals surface area (Å²) >= 11 is -1.85. The molecular formula is C9H18O9SSe-. The zero-order chi connectivity index (χ0) is 15.5. The zero-order valence-electron chi connectivity index (χ0n) is 10.4. The van der Waals surface area contributed by atoms with Crippen molar-refractivity contribution in [1.29, 1.82) is 0 Å². The summed E-state index contributed by atoms with van der Waals surface area (Å²) in [6, 6.07) is 0. The van der Waals surface area contributed by atoms with Crippen molar-refractivity contribution in [3.63, 3.8) is 0 Å². The molecule has 9 nitrogen and oxygen atoms in total. The third-order valence-electron chi connectivity index (χ3n) is 3.00. The van der Waals surface area contributed by atoms with Gasteiger partial charge < -0.3 is 0 Å². The summed E-state index contributed by atoms with van der Waals surface area (Å²) in [4.78, 5) is -0.553. The third-order valence-corrected chi connectivity index (χ3v) is 9.41. The van der Waals surface area contributed by atoms with Gasteiger partial charge in [0.25, 0.3) is 0 Å². The fourth-order valence-electron chi connectivity index (χ4n) is 1.99. The summed E-state index contributed by atoms with van der Waals surface area (Å²) < 4.78 is 35.4. The molecule has 0 bridgehead atoms. The van der Waals surface area contributed by atoms with E-state index in [0.717, 1.165) is 0 Å². The Morgan fingerprint density at radius 2 is 1.95 bits per heavy atom. The van der Waals surface area contributed by atoms with Crippen molar-refractivity contribution in [3.8, 4) is 0 Å². The normalized spacial score (nSPS) is 31.4. The van der Waals surface area contributed by atoms with E-state index >= 15 is 0 Å². The van der Waals surface area contributed by atoms with Crippen LogP contribution in [0.5, 0.6) is 0 Å². The topological polar surface area (TPSA) is 168 Å². The van der Waals surface area contributed by atoms with Crippen molar-refractivity contribution in [2.45, 2.75) is 39.9 Å².